The van der Waals surface area contributed by atoms with Gasteiger partial charge in [0.1, 0.15) is 0 Å². The van der Waals surface area contributed by atoms with E-state index in [-0.39, 0.29) is 18.6 Å². The molecule has 1 aliphatic carbocycles. The SMILES string of the molecule is CC1CCC(O[C@@H](C)CC(=O)O)CC1C. The van der Waals surface area contributed by atoms with Crippen LogP contribution in [-0.2, 0) is 9.53 Å². The van der Waals surface area contributed by atoms with Crippen LogP contribution in [0.15, 0.2) is 0 Å². The van der Waals surface area contributed by atoms with Crippen molar-refractivity contribution < 1.29 is 14.6 Å². The van der Waals surface area contributed by atoms with Gasteiger partial charge >= 0.3 is 5.97 Å². The number of aliphatic carboxylic acids is 1. The third-order valence-electron chi connectivity index (χ3n) is 3.44. The average molecular weight is 214 g/mol. The first-order valence-corrected chi connectivity index (χ1v) is 5.86. The Bertz CT molecular complexity index is 215. The molecule has 0 saturated heterocycles. The summed E-state index contributed by atoms with van der Waals surface area (Å²) in [5.74, 6) is 0.695. The van der Waals surface area contributed by atoms with Gasteiger partial charge in [0, 0.05) is 0 Å². The first kappa shape index (κ1) is 12.5. The molecule has 0 aromatic rings. The third kappa shape index (κ3) is 4.20. The summed E-state index contributed by atoms with van der Waals surface area (Å²) in [6, 6.07) is 0. The molecular weight excluding hydrogens is 192 g/mol. The maximum Gasteiger partial charge on any atom is 0.305 e. The predicted molar refractivity (Wildman–Crippen MR) is 58.8 cm³/mol. The first-order chi connectivity index (χ1) is 6.99. The molecule has 1 rings (SSSR count). The fraction of sp³-hybridized carbons (Fsp3) is 0.917. The molecule has 1 fully saturated rings. The normalized spacial score (nSPS) is 33.7. The van der Waals surface area contributed by atoms with Crippen LogP contribution in [0.1, 0.15) is 46.5 Å². The van der Waals surface area contributed by atoms with Gasteiger partial charge in [-0.25, -0.2) is 0 Å². The van der Waals surface area contributed by atoms with Crippen LogP contribution in [0.25, 0.3) is 0 Å². The molecule has 3 nitrogen and oxygen atoms in total. The summed E-state index contributed by atoms with van der Waals surface area (Å²) < 4.78 is 5.74. The Labute approximate surface area is 91.8 Å². The van der Waals surface area contributed by atoms with Crippen molar-refractivity contribution in [1.82, 2.24) is 0 Å². The molecular formula is C12H22O3. The molecule has 1 N–H and O–H groups in total. The smallest absolute Gasteiger partial charge is 0.305 e. The highest BCUT2D eigenvalue weighted by molar-refractivity contribution is 5.67. The highest BCUT2D eigenvalue weighted by atomic mass is 16.5. The number of carbonyl (C=O) groups is 1. The second kappa shape index (κ2) is 5.50. The molecule has 15 heavy (non-hydrogen) atoms. The summed E-state index contributed by atoms with van der Waals surface area (Å²) in [5, 5.41) is 8.63. The molecule has 0 radical (unpaired) electrons. The van der Waals surface area contributed by atoms with Crippen molar-refractivity contribution in [2.24, 2.45) is 11.8 Å². The molecule has 0 aromatic carbocycles. The zero-order chi connectivity index (χ0) is 11.4. The fourth-order valence-electron chi connectivity index (χ4n) is 2.24. The van der Waals surface area contributed by atoms with E-state index in [4.69, 9.17) is 9.84 Å². The number of carboxylic acids is 1. The molecule has 0 amide bonds. The van der Waals surface area contributed by atoms with Crippen LogP contribution in [0.3, 0.4) is 0 Å². The lowest BCUT2D eigenvalue weighted by molar-refractivity contribution is -0.141. The van der Waals surface area contributed by atoms with Gasteiger partial charge in [0.15, 0.2) is 0 Å². The van der Waals surface area contributed by atoms with E-state index in [9.17, 15) is 4.79 Å². The Morgan fingerprint density at radius 2 is 2.07 bits per heavy atom. The van der Waals surface area contributed by atoms with Gasteiger partial charge in [-0.3, -0.25) is 4.79 Å². The Hall–Kier alpha value is -0.570. The molecule has 1 aliphatic rings. The number of hydrogen-bond donors (Lipinski definition) is 1. The molecule has 4 atom stereocenters. The van der Waals surface area contributed by atoms with Crippen molar-refractivity contribution in [2.75, 3.05) is 0 Å². The summed E-state index contributed by atoms with van der Waals surface area (Å²) in [6.45, 7) is 6.38. The largest absolute Gasteiger partial charge is 0.481 e. The van der Waals surface area contributed by atoms with Crippen LogP contribution in [0, 0.1) is 11.8 Å². The van der Waals surface area contributed by atoms with Crippen molar-refractivity contribution in [3.8, 4) is 0 Å². The van der Waals surface area contributed by atoms with E-state index in [2.05, 4.69) is 13.8 Å². The quantitative estimate of drug-likeness (QED) is 0.782. The first-order valence-electron chi connectivity index (χ1n) is 5.86. The Morgan fingerprint density at radius 3 is 2.60 bits per heavy atom. The minimum Gasteiger partial charge on any atom is -0.481 e. The Kier molecular flexibility index (Phi) is 4.58. The van der Waals surface area contributed by atoms with Crippen LogP contribution in [0.5, 0.6) is 0 Å². The van der Waals surface area contributed by atoms with Gasteiger partial charge in [0.2, 0.25) is 0 Å². The van der Waals surface area contributed by atoms with Crippen LogP contribution in [0.2, 0.25) is 0 Å². The number of rotatable bonds is 4. The van der Waals surface area contributed by atoms with Gasteiger partial charge in [-0.05, 0) is 38.0 Å². The van der Waals surface area contributed by atoms with Crippen LogP contribution < -0.4 is 0 Å². The summed E-state index contributed by atoms with van der Waals surface area (Å²) in [4.78, 5) is 10.5. The predicted octanol–water partition coefficient (Wildman–Crippen LogP) is 2.69. The summed E-state index contributed by atoms with van der Waals surface area (Å²) >= 11 is 0. The van der Waals surface area contributed by atoms with Gasteiger partial charge in [-0.2, -0.15) is 0 Å². The topological polar surface area (TPSA) is 46.5 Å². The monoisotopic (exact) mass is 214 g/mol. The molecule has 0 heterocycles. The van der Waals surface area contributed by atoms with Crippen LogP contribution in [-0.4, -0.2) is 23.3 Å². The summed E-state index contributed by atoms with van der Waals surface area (Å²) in [5.41, 5.74) is 0. The highest BCUT2D eigenvalue weighted by Crippen LogP contribution is 2.31. The fourth-order valence-corrected chi connectivity index (χ4v) is 2.24. The average Bonchev–Trinajstić information content (AvgIpc) is 2.10. The van der Waals surface area contributed by atoms with Crippen molar-refractivity contribution >= 4 is 5.97 Å². The van der Waals surface area contributed by atoms with Gasteiger partial charge in [0.25, 0.3) is 0 Å². The zero-order valence-corrected chi connectivity index (χ0v) is 9.90. The molecule has 0 bridgehead atoms. The molecule has 3 unspecified atom stereocenters. The summed E-state index contributed by atoms with van der Waals surface area (Å²) in [6.07, 6.45) is 3.57. The minimum absolute atomic E-state index is 0.112. The molecule has 0 aliphatic heterocycles. The molecule has 88 valence electrons. The molecule has 0 aromatic heterocycles. The lowest BCUT2D eigenvalue weighted by Crippen LogP contribution is -2.30. The maximum absolute atomic E-state index is 10.5. The van der Waals surface area contributed by atoms with E-state index in [1.54, 1.807) is 0 Å². The van der Waals surface area contributed by atoms with Gasteiger partial charge in [-0.1, -0.05) is 13.8 Å². The van der Waals surface area contributed by atoms with Gasteiger partial charge < -0.3 is 9.84 Å². The van der Waals surface area contributed by atoms with Gasteiger partial charge in [0.05, 0.1) is 18.6 Å². The van der Waals surface area contributed by atoms with E-state index in [0.29, 0.717) is 5.92 Å². The highest BCUT2D eigenvalue weighted by Gasteiger charge is 2.26. The molecule has 1 saturated carbocycles. The van der Waals surface area contributed by atoms with E-state index in [1.165, 1.54) is 6.42 Å². The third-order valence-corrected chi connectivity index (χ3v) is 3.44. The van der Waals surface area contributed by atoms with Crippen molar-refractivity contribution in [1.29, 1.82) is 0 Å². The molecule has 3 heteroatoms. The Morgan fingerprint density at radius 1 is 1.40 bits per heavy atom. The Balaban J connectivity index is 2.30. The van der Waals surface area contributed by atoms with Crippen molar-refractivity contribution in [3.05, 3.63) is 0 Å². The van der Waals surface area contributed by atoms with Crippen molar-refractivity contribution in [3.63, 3.8) is 0 Å². The number of carboxylic acid groups (broad SMARTS) is 1. The number of ether oxygens (including phenoxy) is 1. The lowest BCUT2D eigenvalue weighted by Gasteiger charge is -2.33. The van der Waals surface area contributed by atoms with Crippen LogP contribution in [0.4, 0.5) is 0 Å². The number of hydrogen-bond acceptors (Lipinski definition) is 2. The maximum atomic E-state index is 10.5. The molecule has 0 spiro atoms. The van der Waals surface area contributed by atoms with Crippen LogP contribution >= 0.6 is 0 Å². The van der Waals surface area contributed by atoms with E-state index >= 15 is 0 Å². The van der Waals surface area contributed by atoms with E-state index in [0.717, 1.165) is 18.8 Å². The standard InChI is InChI=1S/C12H22O3/c1-8-4-5-11(6-9(8)2)15-10(3)7-12(13)14/h8-11H,4-7H2,1-3H3,(H,13,14)/t8?,9?,10-,11?/m0/s1. The van der Waals surface area contributed by atoms with E-state index < -0.39 is 5.97 Å². The zero-order valence-electron chi connectivity index (χ0n) is 9.90. The van der Waals surface area contributed by atoms with Crippen molar-refractivity contribution in [2.45, 2.75) is 58.7 Å². The second-order valence-corrected chi connectivity index (χ2v) is 4.93. The minimum atomic E-state index is -0.778. The van der Waals surface area contributed by atoms with Gasteiger partial charge in [-0.15, -0.1) is 0 Å². The second-order valence-electron chi connectivity index (χ2n) is 4.93. The van der Waals surface area contributed by atoms with E-state index in [1.807, 2.05) is 6.92 Å². The lowest BCUT2D eigenvalue weighted by atomic mass is 9.80. The summed E-state index contributed by atoms with van der Waals surface area (Å²) in [7, 11) is 0.